The highest BCUT2D eigenvalue weighted by Gasteiger charge is 2.02. The van der Waals surface area contributed by atoms with Gasteiger partial charge >= 0.3 is 0 Å². The van der Waals surface area contributed by atoms with E-state index < -0.39 is 0 Å². The van der Waals surface area contributed by atoms with Gasteiger partial charge in [0.15, 0.2) is 0 Å². The normalized spacial score (nSPS) is 12.5. The molecule has 0 fully saturated rings. The van der Waals surface area contributed by atoms with Gasteiger partial charge in [0.25, 0.3) is 0 Å². The maximum absolute atomic E-state index is 4.76. The minimum atomic E-state index is 0.329. The van der Waals surface area contributed by atoms with Crippen LogP contribution in [0.25, 0.3) is 0 Å². The molecule has 2 heteroatoms. The lowest BCUT2D eigenvalue weighted by molar-refractivity contribution is 0.803. The van der Waals surface area contributed by atoms with E-state index in [1.165, 1.54) is 0 Å². The summed E-state index contributed by atoms with van der Waals surface area (Å²) in [7, 11) is 1.06. The summed E-state index contributed by atoms with van der Waals surface area (Å²) in [6, 6.07) is 0. The van der Waals surface area contributed by atoms with Crippen LogP contribution in [-0.2, 0) is 11.8 Å². The van der Waals surface area contributed by atoms with E-state index in [0.717, 1.165) is 7.36 Å². The van der Waals surface area contributed by atoms with Crippen LogP contribution in [0.5, 0.6) is 0 Å². The van der Waals surface area contributed by atoms with Crippen LogP contribution in [0.3, 0.4) is 0 Å². The SMILES string of the molecule is CC(C)(C)P=S. The second-order valence-corrected chi connectivity index (χ2v) is 4.33. The second kappa shape index (κ2) is 1.99. The lowest BCUT2D eigenvalue weighted by Crippen LogP contribution is -1.99. The molecule has 0 N–H and O–H groups in total. The van der Waals surface area contributed by atoms with Crippen molar-refractivity contribution in [3.05, 3.63) is 0 Å². The molecule has 0 atom stereocenters. The zero-order chi connectivity index (χ0) is 5.21. The van der Waals surface area contributed by atoms with Crippen molar-refractivity contribution in [2.75, 3.05) is 0 Å². The van der Waals surface area contributed by atoms with Gasteiger partial charge in [-0.25, -0.2) is 0 Å². The number of hydrogen-bond donors (Lipinski definition) is 0. The minimum absolute atomic E-state index is 0.329. The van der Waals surface area contributed by atoms with E-state index in [0.29, 0.717) is 5.16 Å². The molecule has 0 saturated heterocycles. The van der Waals surface area contributed by atoms with Gasteiger partial charge < -0.3 is 0 Å². The Labute approximate surface area is 45.8 Å². The first-order valence-corrected chi connectivity index (χ1v) is 3.81. The molecule has 0 spiro atoms. The molecule has 0 unspecified atom stereocenters. The largest absolute Gasteiger partial charge is 0.0572 e. The molecule has 36 valence electrons. The summed E-state index contributed by atoms with van der Waals surface area (Å²) < 4.78 is 0. The van der Waals surface area contributed by atoms with Gasteiger partial charge in [0.2, 0.25) is 0 Å². The molecule has 0 rings (SSSR count). The van der Waals surface area contributed by atoms with Crippen LogP contribution in [0.4, 0.5) is 0 Å². The highest BCUT2D eigenvalue weighted by molar-refractivity contribution is 7.97. The second-order valence-electron chi connectivity index (χ2n) is 2.26. The van der Waals surface area contributed by atoms with Crippen LogP contribution in [0.1, 0.15) is 20.8 Å². The Morgan fingerprint density at radius 2 is 1.50 bits per heavy atom. The average molecular weight is 120 g/mol. The summed E-state index contributed by atoms with van der Waals surface area (Å²) in [5.74, 6) is 0. The maximum Gasteiger partial charge on any atom is 0.0141 e. The Hall–Kier alpha value is 0.520. The van der Waals surface area contributed by atoms with Crippen molar-refractivity contribution in [2.45, 2.75) is 25.9 Å². The quantitative estimate of drug-likeness (QED) is 0.441. The molecule has 0 bridgehead atoms. The molecular weight excluding hydrogens is 111 g/mol. The third-order valence-electron chi connectivity index (χ3n) is 0.274. The fraction of sp³-hybridized carbons (Fsp3) is 1.00. The Kier molecular flexibility index (Phi) is 2.17. The van der Waals surface area contributed by atoms with Crippen molar-refractivity contribution in [1.29, 1.82) is 0 Å². The summed E-state index contributed by atoms with van der Waals surface area (Å²) >= 11 is 4.76. The molecule has 0 nitrogen and oxygen atoms in total. The van der Waals surface area contributed by atoms with E-state index in [2.05, 4.69) is 20.8 Å². The maximum atomic E-state index is 4.76. The van der Waals surface area contributed by atoms with Gasteiger partial charge in [-0.2, -0.15) is 0 Å². The Morgan fingerprint density at radius 3 is 1.50 bits per heavy atom. The third kappa shape index (κ3) is 4.52. The van der Waals surface area contributed by atoms with Crippen molar-refractivity contribution in [3.63, 3.8) is 0 Å². The smallest absolute Gasteiger partial charge is 0.0141 e. The first kappa shape index (κ1) is 6.52. The summed E-state index contributed by atoms with van der Waals surface area (Å²) in [6.07, 6.45) is 0. The van der Waals surface area contributed by atoms with Crippen LogP contribution >= 0.6 is 7.36 Å². The average Bonchev–Trinajstić information content (AvgIpc) is 1.35. The van der Waals surface area contributed by atoms with E-state index >= 15 is 0 Å². The standard InChI is InChI=1S/C4H9PS/c1-4(2,3)5-6/h1-3H3. The lowest BCUT2D eigenvalue weighted by Gasteiger charge is -2.05. The van der Waals surface area contributed by atoms with E-state index in [9.17, 15) is 0 Å². The molecule has 0 aromatic heterocycles. The fourth-order valence-corrected chi connectivity index (χ4v) is 0. The van der Waals surface area contributed by atoms with Gasteiger partial charge in [0.05, 0.1) is 0 Å². The van der Waals surface area contributed by atoms with Crippen LogP contribution < -0.4 is 0 Å². The van der Waals surface area contributed by atoms with E-state index in [1.807, 2.05) is 0 Å². The van der Waals surface area contributed by atoms with Gasteiger partial charge in [0, 0.05) is 5.16 Å². The van der Waals surface area contributed by atoms with Crippen molar-refractivity contribution in [3.8, 4) is 0 Å². The highest BCUT2D eigenvalue weighted by atomic mass is 32.4. The van der Waals surface area contributed by atoms with E-state index in [-0.39, 0.29) is 0 Å². The Morgan fingerprint density at radius 1 is 1.33 bits per heavy atom. The molecule has 0 aromatic rings. The summed E-state index contributed by atoms with van der Waals surface area (Å²) in [5.41, 5.74) is 0. The Bertz CT molecular complexity index is 53.1. The number of hydrogen-bond acceptors (Lipinski definition) is 1. The molecule has 0 saturated carbocycles. The summed E-state index contributed by atoms with van der Waals surface area (Å²) in [5, 5.41) is 0.329. The van der Waals surface area contributed by atoms with E-state index in [4.69, 9.17) is 11.8 Å². The van der Waals surface area contributed by atoms with Crippen LogP contribution in [0, 0.1) is 0 Å². The molecular formula is C4H9PS. The lowest BCUT2D eigenvalue weighted by atomic mass is 10.3. The zero-order valence-electron chi connectivity index (χ0n) is 4.36. The minimum Gasteiger partial charge on any atom is -0.0572 e. The molecule has 0 aromatic carbocycles. The summed E-state index contributed by atoms with van der Waals surface area (Å²) in [4.78, 5) is 0. The van der Waals surface area contributed by atoms with Crippen LogP contribution in [0.15, 0.2) is 0 Å². The van der Waals surface area contributed by atoms with Gasteiger partial charge in [-0.3, -0.25) is 0 Å². The predicted octanol–water partition coefficient (Wildman–Crippen LogP) is 2.19. The molecule has 0 aliphatic rings. The number of rotatable bonds is 0. The van der Waals surface area contributed by atoms with Gasteiger partial charge in [0.1, 0.15) is 0 Å². The molecule has 6 heavy (non-hydrogen) atoms. The highest BCUT2D eigenvalue weighted by Crippen LogP contribution is 2.18. The topological polar surface area (TPSA) is 0 Å². The fourth-order valence-electron chi connectivity index (χ4n) is 0. The van der Waals surface area contributed by atoms with Gasteiger partial charge in [-0.1, -0.05) is 32.6 Å². The van der Waals surface area contributed by atoms with Crippen molar-refractivity contribution < 1.29 is 0 Å². The molecule has 0 radical (unpaired) electrons. The Balaban J connectivity index is 3.45. The van der Waals surface area contributed by atoms with Crippen molar-refractivity contribution >= 4 is 19.2 Å². The monoisotopic (exact) mass is 120 g/mol. The zero-order valence-corrected chi connectivity index (χ0v) is 6.07. The molecule has 0 heterocycles. The summed E-state index contributed by atoms with van der Waals surface area (Å²) in [6.45, 7) is 6.38. The van der Waals surface area contributed by atoms with Gasteiger partial charge in [-0.15, -0.1) is 0 Å². The third-order valence-corrected chi connectivity index (χ3v) is 2.46. The van der Waals surface area contributed by atoms with E-state index in [1.54, 1.807) is 0 Å². The first-order chi connectivity index (χ1) is 2.56. The van der Waals surface area contributed by atoms with Crippen LogP contribution in [0.2, 0.25) is 0 Å². The van der Waals surface area contributed by atoms with Gasteiger partial charge in [-0.05, 0) is 7.36 Å². The predicted molar refractivity (Wildman–Crippen MR) is 34.0 cm³/mol. The molecule has 0 aliphatic heterocycles. The molecule has 0 aliphatic carbocycles. The van der Waals surface area contributed by atoms with Crippen molar-refractivity contribution in [1.82, 2.24) is 0 Å². The molecule has 0 amide bonds. The first-order valence-electron chi connectivity index (χ1n) is 1.91. The van der Waals surface area contributed by atoms with Crippen molar-refractivity contribution in [2.24, 2.45) is 0 Å². The van der Waals surface area contributed by atoms with Crippen LogP contribution in [-0.4, -0.2) is 5.16 Å².